The van der Waals surface area contributed by atoms with Gasteiger partial charge in [-0.2, -0.15) is 0 Å². The van der Waals surface area contributed by atoms with Gasteiger partial charge in [0.05, 0.1) is 30.8 Å². The van der Waals surface area contributed by atoms with Crippen LogP contribution in [-0.4, -0.2) is 155 Å². The zero-order chi connectivity index (χ0) is 32.3. The Hall–Kier alpha value is -1.72. The molecule has 4 rings (SSSR count). The van der Waals surface area contributed by atoms with Crippen molar-refractivity contribution < 1.29 is 58.1 Å². The number of hydrogen-bond acceptors (Lipinski definition) is 15. The van der Waals surface area contributed by atoms with E-state index in [9.17, 15) is 39.1 Å². The fourth-order valence-corrected chi connectivity index (χ4v) is 5.91. The van der Waals surface area contributed by atoms with E-state index in [0.717, 1.165) is 0 Å². The van der Waals surface area contributed by atoms with Crippen LogP contribution in [0.4, 0.5) is 8.78 Å². The lowest BCUT2D eigenvalue weighted by molar-refractivity contribution is -0.314. The smallest absolute Gasteiger partial charge is 0.294 e. The number of alkyl halides is 2. The normalized spacial score (nSPS) is 44.8. The van der Waals surface area contributed by atoms with E-state index < -0.39 is 110 Å². The number of amides is 1. The van der Waals surface area contributed by atoms with Gasteiger partial charge in [-0.15, -0.1) is 0 Å². The number of aliphatic hydroxyl groups excluding tert-OH is 4. The van der Waals surface area contributed by atoms with Gasteiger partial charge in [0.25, 0.3) is 12.3 Å². The highest BCUT2D eigenvalue weighted by Crippen LogP contribution is 2.32. The van der Waals surface area contributed by atoms with Crippen molar-refractivity contribution in [3.8, 4) is 0 Å². The van der Waals surface area contributed by atoms with E-state index in [-0.39, 0.29) is 25.9 Å². The number of β-amino-alcohol motifs (C(OH)–C–C–N with tert-alkyl or cyclic N) is 1. The van der Waals surface area contributed by atoms with E-state index in [1.54, 1.807) is 0 Å². The summed E-state index contributed by atoms with van der Waals surface area (Å²) in [5, 5.41) is 68.0. The van der Waals surface area contributed by atoms with Crippen LogP contribution in [0.25, 0.3) is 0 Å². The van der Waals surface area contributed by atoms with Crippen LogP contribution in [0.15, 0.2) is 0 Å². The Bertz CT molecular complexity index is 984. The van der Waals surface area contributed by atoms with Gasteiger partial charge in [0, 0.05) is 19.1 Å². The molecule has 1 aliphatic carbocycles. The summed E-state index contributed by atoms with van der Waals surface area (Å²) in [6.07, 6.45) is -14.0. The number of carbonyl (C=O) groups is 1. The SMILES string of the molecule is N=C(NC[C@@H]1CCC(N)[C@@H](OC2C(O)C(O[C@H]3OC(CO)C(O)[C@H](N)C3O)[C@H](NC(=O)[C@@]3(O)CCNC3)C[C@@H]2N)O1)C(F)F. The Morgan fingerprint density at radius 2 is 1.75 bits per heavy atom. The molecule has 3 heterocycles. The van der Waals surface area contributed by atoms with Gasteiger partial charge >= 0.3 is 0 Å². The largest absolute Gasteiger partial charge is 0.394 e. The predicted octanol–water partition coefficient (Wildman–Crippen LogP) is -5.51. The minimum Gasteiger partial charge on any atom is -0.394 e. The molecule has 4 aliphatic rings. The van der Waals surface area contributed by atoms with Crippen molar-refractivity contribution in [1.29, 1.82) is 5.41 Å². The summed E-state index contributed by atoms with van der Waals surface area (Å²) in [4.78, 5) is 13.1. The molecule has 19 heteroatoms. The molecule has 44 heavy (non-hydrogen) atoms. The first-order valence-electron chi connectivity index (χ1n) is 14.6. The molecule has 4 fully saturated rings. The van der Waals surface area contributed by atoms with Crippen LogP contribution in [-0.2, 0) is 23.7 Å². The second kappa shape index (κ2) is 14.8. The Morgan fingerprint density at radius 3 is 2.39 bits per heavy atom. The summed E-state index contributed by atoms with van der Waals surface area (Å²) < 4.78 is 48.8. The second-order valence-corrected chi connectivity index (χ2v) is 11.9. The van der Waals surface area contributed by atoms with Crippen LogP contribution in [0.2, 0.25) is 0 Å². The maximum absolute atomic E-state index is 13.1. The number of nitrogens with two attached hydrogens (primary N) is 3. The minimum absolute atomic E-state index is 0.00346. The van der Waals surface area contributed by atoms with E-state index in [0.29, 0.717) is 19.4 Å². The summed E-state index contributed by atoms with van der Waals surface area (Å²) in [5.74, 6) is -1.70. The molecule has 0 radical (unpaired) electrons. The van der Waals surface area contributed by atoms with Crippen LogP contribution < -0.4 is 33.2 Å². The molecule has 0 aromatic carbocycles. The number of carbonyl (C=O) groups excluding carboxylic acids is 1. The second-order valence-electron chi connectivity index (χ2n) is 11.9. The molecular formula is C25H45F2N7O10. The molecule has 3 aliphatic heterocycles. The topological polar surface area (TPSA) is 293 Å². The van der Waals surface area contributed by atoms with Gasteiger partial charge in [0.1, 0.15) is 36.6 Å². The van der Waals surface area contributed by atoms with E-state index in [1.807, 2.05) is 0 Å². The Labute approximate surface area is 252 Å². The zero-order valence-electron chi connectivity index (χ0n) is 24.0. The molecule has 14 atom stereocenters. The third-order valence-electron chi connectivity index (χ3n) is 8.65. The first kappa shape index (κ1) is 35.1. The van der Waals surface area contributed by atoms with E-state index in [4.69, 9.17) is 41.6 Å². The molecule has 1 saturated carbocycles. The molecule has 0 bridgehead atoms. The predicted molar refractivity (Wildman–Crippen MR) is 146 cm³/mol. The average molecular weight is 642 g/mol. The molecule has 1 amide bonds. The molecule has 254 valence electrons. The highest BCUT2D eigenvalue weighted by atomic mass is 19.3. The third-order valence-corrected chi connectivity index (χ3v) is 8.65. The fraction of sp³-hybridized carbons (Fsp3) is 0.920. The van der Waals surface area contributed by atoms with Crippen molar-refractivity contribution in [1.82, 2.24) is 16.0 Å². The highest BCUT2D eigenvalue weighted by Gasteiger charge is 2.52. The van der Waals surface area contributed by atoms with Crippen molar-refractivity contribution in [3.05, 3.63) is 0 Å². The first-order valence-corrected chi connectivity index (χ1v) is 14.6. The minimum atomic E-state index is -2.98. The molecule has 3 saturated heterocycles. The van der Waals surface area contributed by atoms with E-state index >= 15 is 0 Å². The maximum atomic E-state index is 13.1. The number of amidine groups is 1. The quantitative estimate of drug-likeness (QED) is 0.0782. The summed E-state index contributed by atoms with van der Waals surface area (Å²) in [6, 6.07) is -3.96. The van der Waals surface area contributed by atoms with Crippen LogP contribution in [0.3, 0.4) is 0 Å². The highest BCUT2D eigenvalue weighted by molar-refractivity contribution is 5.86. The Kier molecular flexibility index (Phi) is 11.8. The van der Waals surface area contributed by atoms with Crippen molar-refractivity contribution in [2.45, 2.75) is 117 Å². The molecule has 17 nitrogen and oxygen atoms in total. The van der Waals surface area contributed by atoms with Crippen LogP contribution in [0, 0.1) is 5.41 Å². The lowest BCUT2D eigenvalue weighted by atomic mass is 9.83. The van der Waals surface area contributed by atoms with Gasteiger partial charge in [-0.25, -0.2) is 8.78 Å². The summed E-state index contributed by atoms with van der Waals surface area (Å²) in [6.45, 7) is -0.369. The maximum Gasteiger partial charge on any atom is 0.294 e. The monoisotopic (exact) mass is 641 g/mol. The lowest BCUT2D eigenvalue weighted by Gasteiger charge is -2.48. The number of nitrogens with one attached hydrogen (secondary N) is 4. The van der Waals surface area contributed by atoms with Crippen molar-refractivity contribution >= 4 is 11.7 Å². The van der Waals surface area contributed by atoms with Crippen molar-refractivity contribution in [2.24, 2.45) is 17.2 Å². The average Bonchev–Trinajstić information content (AvgIpc) is 3.44. The summed E-state index contributed by atoms with van der Waals surface area (Å²) in [7, 11) is 0. The van der Waals surface area contributed by atoms with Gasteiger partial charge < -0.3 is 77.6 Å². The molecule has 0 aromatic heterocycles. The number of halogens is 2. The van der Waals surface area contributed by atoms with Gasteiger partial charge in [-0.1, -0.05) is 0 Å². The van der Waals surface area contributed by atoms with Crippen molar-refractivity contribution in [2.75, 3.05) is 26.2 Å². The number of ether oxygens (including phenoxy) is 4. The number of aliphatic hydroxyl groups is 5. The molecule has 0 aromatic rings. The van der Waals surface area contributed by atoms with E-state index in [1.165, 1.54) is 0 Å². The van der Waals surface area contributed by atoms with Crippen LogP contribution in [0.5, 0.6) is 0 Å². The standard InChI is InChI=1S/C25H45F2N7O10/c26-20(27)21(31)33-6-9-1-2-10(28)22(41-9)43-18-11(29)5-12(34-24(39)25(40)3-4-32-8-25)19(17(18)38)44-23-16(37)14(30)15(36)13(7-35)42-23/h9-20,22-23,32,35-38,40H,1-8,28-30H2,(H2,31,33)(H,34,39)/t9-,10?,11-,12+,13?,14-,15?,16?,17?,18?,19?,22+,23+,25+/m0/s1. The van der Waals surface area contributed by atoms with E-state index in [2.05, 4.69) is 16.0 Å². The lowest BCUT2D eigenvalue weighted by Crippen LogP contribution is -2.69. The van der Waals surface area contributed by atoms with Crippen LogP contribution in [0.1, 0.15) is 25.7 Å². The molecule has 7 unspecified atom stereocenters. The first-order chi connectivity index (χ1) is 20.7. The summed E-state index contributed by atoms with van der Waals surface area (Å²) >= 11 is 0. The zero-order valence-corrected chi connectivity index (χ0v) is 24.0. The Balaban J connectivity index is 1.51. The van der Waals surface area contributed by atoms with Gasteiger partial charge in [0.15, 0.2) is 24.0 Å². The van der Waals surface area contributed by atoms with Crippen LogP contribution >= 0.6 is 0 Å². The number of hydrogen-bond donors (Lipinski definition) is 12. The Morgan fingerprint density at radius 1 is 1.05 bits per heavy atom. The molecule has 15 N–H and O–H groups in total. The molecular weight excluding hydrogens is 596 g/mol. The third kappa shape index (κ3) is 7.80. The van der Waals surface area contributed by atoms with Gasteiger partial charge in [-0.3, -0.25) is 10.2 Å². The number of rotatable bonds is 10. The fourth-order valence-electron chi connectivity index (χ4n) is 5.91. The summed E-state index contributed by atoms with van der Waals surface area (Å²) in [5.41, 5.74) is 16.8. The van der Waals surface area contributed by atoms with Gasteiger partial charge in [-0.05, 0) is 32.2 Å². The van der Waals surface area contributed by atoms with Crippen molar-refractivity contribution in [3.63, 3.8) is 0 Å². The molecule has 0 spiro atoms. The van der Waals surface area contributed by atoms with Gasteiger partial charge in [0.2, 0.25) is 0 Å².